The van der Waals surface area contributed by atoms with Crippen molar-refractivity contribution in [2.24, 2.45) is 0 Å². The van der Waals surface area contributed by atoms with E-state index in [1.807, 2.05) is 0 Å². The number of rotatable bonds is 4. The summed E-state index contributed by atoms with van der Waals surface area (Å²) in [5.41, 5.74) is 0. The highest BCUT2D eigenvalue weighted by molar-refractivity contribution is 7.91. The third-order valence-corrected chi connectivity index (χ3v) is 5.27. The van der Waals surface area contributed by atoms with Crippen LogP contribution in [0, 0.1) is 0 Å². The molecule has 0 unspecified atom stereocenters. The molecule has 1 aromatic rings. The van der Waals surface area contributed by atoms with Crippen LogP contribution in [0.25, 0.3) is 0 Å². The molecule has 0 spiro atoms. The van der Waals surface area contributed by atoms with Crippen molar-refractivity contribution in [1.29, 1.82) is 0 Å². The predicted octanol–water partition coefficient (Wildman–Crippen LogP) is 0.208. The lowest BCUT2D eigenvalue weighted by Crippen LogP contribution is -2.38. The number of nitrogens with one attached hydrogen (secondary N) is 1. The Hall–Kier alpha value is -1.41. The lowest BCUT2D eigenvalue weighted by atomic mass is 10.2. The molecule has 0 aromatic carbocycles. The van der Waals surface area contributed by atoms with E-state index in [0.717, 1.165) is 0 Å². The molecule has 1 atom stereocenters. The molecule has 0 saturated carbocycles. The van der Waals surface area contributed by atoms with Crippen LogP contribution < -0.4 is 5.32 Å². The lowest BCUT2D eigenvalue weighted by molar-refractivity contribution is -0.124. The van der Waals surface area contributed by atoms with Crippen LogP contribution in [-0.2, 0) is 19.4 Å². The highest BCUT2D eigenvalue weighted by Crippen LogP contribution is 2.12. The third kappa shape index (κ3) is 4.03. The summed E-state index contributed by atoms with van der Waals surface area (Å²) in [6, 6.07) is 2.94. The quantitative estimate of drug-likeness (QED) is 0.803. The number of carbonyl (C=O) groups excluding carboxylic acids is 2. The fraction of sp³-hybridized carbons (Fsp3) is 0.455. The van der Waals surface area contributed by atoms with E-state index in [0.29, 0.717) is 11.3 Å². The van der Waals surface area contributed by atoms with Gasteiger partial charge in [-0.3, -0.25) is 4.79 Å². The summed E-state index contributed by atoms with van der Waals surface area (Å²) in [5.74, 6) is -0.985. The van der Waals surface area contributed by atoms with Gasteiger partial charge in [0.05, 0.1) is 11.5 Å². The van der Waals surface area contributed by atoms with Crippen LogP contribution in [0.15, 0.2) is 17.5 Å². The van der Waals surface area contributed by atoms with E-state index in [-0.39, 0.29) is 17.5 Å². The average molecular weight is 303 g/mol. The van der Waals surface area contributed by atoms with Crippen molar-refractivity contribution >= 4 is 33.1 Å². The molecular weight excluding hydrogens is 290 g/mol. The van der Waals surface area contributed by atoms with Crippen LogP contribution in [0.5, 0.6) is 0 Å². The molecule has 1 aromatic heterocycles. The Kier molecular flexibility index (Phi) is 4.20. The first-order chi connectivity index (χ1) is 8.96. The molecule has 104 valence electrons. The number of sulfone groups is 1. The van der Waals surface area contributed by atoms with E-state index in [2.05, 4.69) is 5.32 Å². The number of hydrogen-bond acceptors (Lipinski definition) is 6. The predicted molar refractivity (Wildman–Crippen MR) is 69.8 cm³/mol. The molecule has 1 amide bonds. The first-order valence-electron chi connectivity index (χ1n) is 5.67. The molecule has 0 aliphatic carbocycles. The molecule has 1 fully saturated rings. The maximum atomic E-state index is 11.5. The second-order valence-corrected chi connectivity index (χ2v) is 7.40. The monoisotopic (exact) mass is 303 g/mol. The van der Waals surface area contributed by atoms with Gasteiger partial charge in [-0.2, -0.15) is 0 Å². The third-order valence-electron chi connectivity index (χ3n) is 2.65. The molecule has 19 heavy (non-hydrogen) atoms. The smallest absolute Gasteiger partial charge is 0.348 e. The Balaban J connectivity index is 1.75. The highest BCUT2D eigenvalue weighted by Gasteiger charge is 2.29. The summed E-state index contributed by atoms with van der Waals surface area (Å²) in [4.78, 5) is 23.4. The summed E-state index contributed by atoms with van der Waals surface area (Å²) in [7, 11) is -3.03. The van der Waals surface area contributed by atoms with E-state index in [1.54, 1.807) is 17.5 Å². The molecule has 1 aliphatic heterocycles. The molecule has 2 rings (SSSR count). The van der Waals surface area contributed by atoms with Crippen LogP contribution in [0.1, 0.15) is 16.1 Å². The van der Waals surface area contributed by atoms with Gasteiger partial charge >= 0.3 is 5.97 Å². The minimum atomic E-state index is -3.03. The number of ether oxygens (including phenoxy) is 1. The number of amides is 1. The molecular formula is C11H13NO5S2. The van der Waals surface area contributed by atoms with E-state index in [1.165, 1.54) is 11.3 Å². The maximum absolute atomic E-state index is 11.5. The van der Waals surface area contributed by atoms with E-state index in [4.69, 9.17) is 4.74 Å². The van der Waals surface area contributed by atoms with E-state index < -0.39 is 28.3 Å². The highest BCUT2D eigenvalue weighted by atomic mass is 32.2. The molecule has 0 radical (unpaired) electrons. The Morgan fingerprint density at radius 3 is 2.84 bits per heavy atom. The van der Waals surface area contributed by atoms with Crippen molar-refractivity contribution in [2.75, 3.05) is 18.1 Å². The van der Waals surface area contributed by atoms with Gasteiger partial charge in [0, 0.05) is 6.04 Å². The van der Waals surface area contributed by atoms with Gasteiger partial charge in [0.2, 0.25) is 0 Å². The van der Waals surface area contributed by atoms with Crippen molar-refractivity contribution < 1.29 is 22.7 Å². The molecule has 2 heterocycles. The largest absolute Gasteiger partial charge is 0.451 e. The van der Waals surface area contributed by atoms with Crippen molar-refractivity contribution in [1.82, 2.24) is 5.32 Å². The summed E-state index contributed by atoms with van der Waals surface area (Å²) in [6.07, 6.45) is 0.410. The second-order valence-electron chi connectivity index (χ2n) is 4.22. The fourth-order valence-electron chi connectivity index (χ4n) is 1.78. The summed E-state index contributed by atoms with van der Waals surface area (Å²) >= 11 is 1.23. The van der Waals surface area contributed by atoms with Gasteiger partial charge in [-0.05, 0) is 17.9 Å². The molecule has 0 bridgehead atoms. The van der Waals surface area contributed by atoms with Crippen molar-refractivity contribution in [2.45, 2.75) is 12.5 Å². The standard InChI is InChI=1S/C11H13NO5S2/c13-10(12-8-3-5-19(15,16)7-8)6-17-11(14)9-2-1-4-18-9/h1-2,4,8H,3,5-7H2,(H,12,13)/t8-/m1/s1. The molecule has 1 aliphatic rings. The summed E-state index contributed by atoms with van der Waals surface area (Å²) in [6.45, 7) is -0.396. The van der Waals surface area contributed by atoms with E-state index >= 15 is 0 Å². The number of esters is 1. The second kappa shape index (κ2) is 5.70. The Labute approximate surface area is 114 Å². The Bertz CT molecular complexity index is 564. The Morgan fingerprint density at radius 1 is 1.47 bits per heavy atom. The number of thiophene rings is 1. The normalized spacial score (nSPS) is 20.9. The molecule has 1 saturated heterocycles. The van der Waals surface area contributed by atoms with Crippen LogP contribution in [0.4, 0.5) is 0 Å². The zero-order valence-electron chi connectivity index (χ0n) is 10.00. The van der Waals surface area contributed by atoms with Gasteiger partial charge in [-0.1, -0.05) is 6.07 Å². The first-order valence-corrected chi connectivity index (χ1v) is 8.37. The van der Waals surface area contributed by atoms with Gasteiger partial charge in [0.1, 0.15) is 4.88 Å². The van der Waals surface area contributed by atoms with Gasteiger partial charge in [0.25, 0.3) is 5.91 Å². The zero-order valence-corrected chi connectivity index (χ0v) is 11.6. The minimum absolute atomic E-state index is 0.0440. The summed E-state index contributed by atoms with van der Waals surface area (Å²) < 4.78 is 27.2. The SMILES string of the molecule is O=C(COC(=O)c1cccs1)N[C@@H]1CCS(=O)(=O)C1. The van der Waals surface area contributed by atoms with Crippen LogP contribution in [0.2, 0.25) is 0 Å². The summed E-state index contributed by atoms with van der Waals surface area (Å²) in [5, 5.41) is 4.28. The molecule has 6 nitrogen and oxygen atoms in total. The Morgan fingerprint density at radius 2 is 2.26 bits per heavy atom. The van der Waals surface area contributed by atoms with Crippen LogP contribution in [-0.4, -0.2) is 44.4 Å². The van der Waals surface area contributed by atoms with Crippen LogP contribution in [0.3, 0.4) is 0 Å². The average Bonchev–Trinajstić information content (AvgIpc) is 2.96. The lowest BCUT2D eigenvalue weighted by Gasteiger charge is -2.10. The number of hydrogen-bond donors (Lipinski definition) is 1. The van der Waals surface area contributed by atoms with Crippen LogP contribution >= 0.6 is 11.3 Å². The van der Waals surface area contributed by atoms with Crippen molar-refractivity contribution in [3.63, 3.8) is 0 Å². The number of carbonyl (C=O) groups is 2. The van der Waals surface area contributed by atoms with Gasteiger partial charge in [-0.15, -0.1) is 11.3 Å². The van der Waals surface area contributed by atoms with E-state index in [9.17, 15) is 18.0 Å². The van der Waals surface area contributed by atoms with Gasteiger partial charge < -0.3 is 10.1 Å². The van der Waals surface area contributed by atoms with Gasteiger partial charge in [-0.25, -0.2) is 13.2 Å². The zero-order chi connectivity index (χ0) is 13.9. The van der Waals surface area contributed by atoms with Crippen molar-refractivity contribution in [3.8, 4) is 0 Å². The topological polar surface area (TPSA) is 89.5 Å². The maximum Gasteiger partial charge on any atom is 0.348 e. The molecule has 1 N–H and O–H groups in total. The fourth-order valence-corrected chi connectivity index (χ4v) is 4.06. The first kappa shape index (κ1) is 14.0. The molecule has 8 heteroatoms. The van der Waals surface area contributed by atoms with Gasteiger partial charge in [0.15, 0.2) is 16.4 Å². The van der Waals surface area contributed by atoms with Crippen molar-refractivity contribution in [3.05, 3.63) is 22.4 Å². The minimum Gasteiger partial charge on any atom is -0.451 e.